The van der Waals surface area contributed by atoms with E-state index >= 15 is 0 Å². The second-order valence-electron chi connectivity index (χ2n) is 8.04. The van der Waals surface area contributed by atoms with Gasteiger partial charge in [-0.3, -0.25) is 5.41 Å². The van der Waals surface area contributed by atoms with Crippen molar-refractivity contribution in [1.29, 1.82) is 5.41 Å². The lowest BCUT2D eigenvalue weighted by atomic mass is 10.0. The van der Waals surface area contributed by atoms with Crippen molar-refractivity contribution in [2.75, 3.05) is 10.6 Å². The minimum Gasteiger partial charge on any atom is -0.326 e. The number of halogens is 2. The van der Waals surface area contributed by atoms with E-state index in [-0.39, 0.29) is 0 Å². The molecule has 0 spiro atoms. The van der Waals surface area contributed by atoms with Crippen molar-refractivity contribution in [2.45, 2.75) is 22.5 Å². The maximum atomic E-state index is 8.61. The first-order valence-corrected chi connectivity index (χ1v) is 11.9. The molecular weight excluding hydrogens is 502 g/mol. The van der Waals surface area contributed by atoms with Crippen LogP contribution in [0.25, 0.3) is 21.5 Å². The van der Waals surface area contributed by atoms with Crippen LogP contribution in [0.15, 0.2) is 60.7 Å². The standard InChI is InChI=1S/C25H19Br2N3/c26-19-11-17-21(9-7-13-3-1-5-15(19)23(13)17)29-25(28)30-22-10-8-14-4-2-6-16-20(27)12-18(22)24(14)16/h1-10,19-20H,11-12H2,(H3,28,29,30). The van der Waals surface area contributed by atoms with Gasteiger partial charge in [0.05, 0.1) is 0 Å². The minimum atomic E-state index is 0.298. The summed E-state index contributed by atoms with van der Waals surface area (Å²) in [4.78, 5) is 0.661. The third kappa shape index (κ3) is 2.72. The van der Waals surface area contributed by atoms with Gasteiger partial charge in [0, 0.05) is 21.0 Å². The first-order chi connectivity index (χ1) is 14.6. The first kappa shape index (κ1) is 18.4. The molecule has 2 unspecified atom stereocenters. The highest BCUT2D eigenvalue weighted by molar-refractivity contribution is 9.09. The highest BCUT2D eigenvalue weighted by atomic mass is 79.9. The number of hydrogen-bond acceptors (Lipinski definition) is 1. The van der Waals surface area contributed by atoms with Crippen molar-refractivity contribution >= 4 is 70.7 Å². The summed E-state index contributed by atoms with van der Waals surface area (Å²) in [5.41, 5.74) is 7.24. The highest BCUT2D eigenvalue weighted by Crippen LogP contribution is 2.46. The van der Waals surface area contributed by atoms with Gasteiger partial charge in [0.2, 0.25) is 0 Å². The second-order valence-corrected chi connectivity index (χ2v) is 10.3. The van der Waals surface area contributed by atoms with Crippen LogP contribution in [0, 0.1) is 5.41 Å². The summed E-state index contributed by atoms with van der Waals surface area (Å²) in [6.07, 6.45) is 1.87. The first-order valence-electron chi connectivity index (χ1n) is 10.1. The lowest BCUT2D eigenvalue weighted by molar-refractivity contribution is 1.01. The quantitative estimate of drug-likeness (QED) is 0.146. The number of anilines is 2. The minimum absolute atomic E-state index is 0.298. The van der Waals surface area contributed by atoms with Crippen molar-refractivity contribution in [3.05, 3.63) is 82.9 Å². The molecule has 3 nitrogen and oxygen atoms in total. The Balaban J connectivity index is 1.33. The van der Waals surface area contributed by atoms with E-state index in [0.717, 1.165) is 24.2 Å². The molecule has 0 radical (unpaired) electrons. The second kappa shape index (κ2) is 6.82. The van der Waals surface area contributed by atoms with Crippen LogP contribution in [0.1, 0.15) is 31.9 Å². The van der Waals surface area contributed by atoms with Crippen molar-refractivity contribution in [3.63, 3.8) is 0 Å². The number of hydrogen-bond donors (Lipinski definition) is 3. The molecule has 2 aliphatic carbocycles. The molecule has 2 aliphatic rings. The van der Waals surface area contributed by atoms with E-state index in [4.69, 9.17) is 5.41 Å². The molecule has 4 aromatic carbocycles. The zero-order valence-electron chi connectivity index (χ0n) is 16.1. The average molecular weight is 521 g/mol. The zero-order valence-corrected chi connectivity index (χ0v) is 19.3. The van der Waals surface area contributed by atoms with Gasteiger partial charge in [0.25, 0.3) is 0 Å². The van der Waals surface area contributed by atoms with E-state index in [9.17, 15) is 0 Å². The van der Waals surface area contributed by atoms with E-state index in [2.05, 4.69) is 103 Å². The van der Waals surface area contributed by atoms with Gasteiger partial charge >= 0.3 is 0 Å². The van der Waals surface area contributed by atoms with Crippen LogP contribution in [0.5, 0.6) is 0 Å². The van der Waals surface area contributed by atoms with Crippen molar-refractivity contribution in [2.24, 2.45) is 0 Å². The summed E-state index contributed by atoms with van der Waals surface area (Å²) in [7, 11) is 0. The molecule has 148 valence electrons. The molecule has 2 atom stereocenters. The predicted molar refractivity (Wildman–Crippen MR) is 134 cm³/mol. The molecular formula is C25H19Br2N3. The molecule has 4 aromatic rings. The van der Waals surface area contributed by atoms with Crippen LogP contribution in [0.3, 0.4) is 0 Å². The highest BCUT2D eigenvalue weighted by Gasteiger charge is 2.26. The molecule has 0 bridgehead atoms. The smallest absolute Gasteiger partial charge is 0.197 e. The SMILES string of the molecule is N=C(Nc1ccc2cccc3c2c1CC3Br)Nc1ccc2cccc3c2c1CC3Br. The molecule has 5 heteroatoms. The van der Waals surface area contributed by atoms with Crippen LogP contribution in [0.2, 0.25) is 0 Å². The van der Waals surface area contributed by atoms with Crippen molar-refractivity contribution in [1.82, 2.24) is 0 Å². The summed E-state index contributed by atoms with van der Waals surface area (Å²) >= 11 is 7.63. The third-order valence-corrected chi connectivity index (χ3v) is 7.97. The van der Waals surface area contributed by atoms with Gasteiger partial charge in [-0.1, -0.05) is 80.4 Å². The Morgan fingerprint density at radius 1 is 0.700 bits per heavy atom. The van der Waals surface area contributed by atoms with Gasteiger partial charge in [-0.15, -0.1) is 0 Å². The lowest BCUT2D eigenvalue weighted by Gasteiger charge is -2.16. The van der Waals surface area contributed by atoms with Crippen LogP contribution < -0.4 is 10.6 Å². The summed E-state index contributed by atoms with van der Waals surface area (Å²) in [5.74, 6) is 0.298. The van der Waals surface area contributed by atoms with Crippen LogP contribution >= 0.6 is 31.9 Å². The van der Waals surface area contributed by atoms with Gasteiger partial charge in [-0.05, 0) is 68.8 Å². The van der Waals surface area contributed by atoms with Crippen molar-refractivity contribution in [3.8, 4) is 0 Å². The van der Waals surface area contributed by atoms with Gasteiger partial charge in [0.1, 0.15) is 0 Å². The van der Waals surface area contributed by atoms with Crippen molar-refractivity contribution < 1.29 is 0 Å². The Bertz CT molecular complexity index is 1260. The van der Waals surface area contributed by atoms with Gasteiger partial charge < -0.3 is 10.6 Å². The summed E-state index contributed by atoms with van der Waals surface area (Å²) in [6, 6.07) is 21.4. The molecule has 0 aliphatic heterocycles. The van der Waals surface area contributed by atoms with E-state index in [1.807, 2.05) is 0 Å². The normalized spacial score (nSPS) is 18.9. The maximum Gasteiger partial charge on any atom is 0.197 e. The maximum absolute atomic E-state index is 8.61. The van der Waals surface area contributed by atoms with Crippen LogP contribution in [-0.2, 0) is 12.8 Å². The largest absolute Gasteiger partial charge is 0.326 e. The van der Waals surface area contributed by atoms with Crippen LogP contribution in [-0.4, -0.2) is 5.96 Å². The van der Waals surface area contributed by atoms with Gasteiger partial charge in [0.15, 0.2) is 5.96 Å². The van der Waals surface area contributed by atoms with Gasteiger partial charge in [-0.2, -0.15) is 0 Å². The Morgan fingerprint density at radius 3 is 1.63 bits per heavy atom. The number of alkyl halides is 2. The third-order valence-electron chi connectivity index (χ3n) is 6.33. The molecule has 0 heterocycles. The number of nitrogens with one attached hydrogen (secondary N) is 3. The molecule has 0 aromatic heterocycles. The molecule has 0 saturated heterocycles. The van der Waals surface area contributed by atoms with E-state index in [1.54, 1.807) is 0 Å². The Hall–Kier alpha value is -2.37. The summed E-state index contributed by atoms with van der Waals surface area (Å²) < 4.78 is 0. The summed E-state index contributed by atoms with van der Waals surface area (Å²) in [6.45, 7) is 0. The topological polar surface area (TPSA) is 47.9 Å². The number of benzene rings is 4. The molecule has 3 N–H and O–H groups in total. The fourth-order valence-electron chi connectivity index (χ4n) is 5.03. The predicted octanol–water partition coefficient (Wildman–Crippen LogP) is 7.44. The molecule has 6 rings (SSSR count). The molecule has 0 amide bonds. The Labute approximate surface area is 191 Å². The number of guanidine groups is 1. The molecule has 0 saturated carbocycles. The number of rotatable bonds is 2. The van der Waals surface area contributed by atoms with E-state index < -0.39 is 0 Å². The Kier molecular flexibility index (Phi) is 4.19. The van der Waals surface area contributed by atoms with Gasteiger partial charge in [-0.25, -0.2) is 0 Å². The van der Waals surface area contributed by atoms with E-state index in [1.165, 1.54) is 43.8 Å². The Morgan fingerprint density at radius 2 is 1.17 bits per heavy atom. The molecule has 0 fully saturated rings. The monoisotopic (exact) mass is 519 g/mol. The van der Waals surface area contributed by atoms with E-state index in [0.29, 0.717) is 15.6 Å². The fraction of sp³-hybridized carbons (Fsp3) is 0.160. The van der Waals surface area contributed by atoms with Crippen LogP contribution in [0.4, 0.5) is 11.4 Å². The fourth-order valence-corrected chi connectivity index (χ4v) is 6.44. The zero-order chi connectivity index (χ0) is 20.4. The molecule has 30 heavy (non-hydrogen) atoms. The summed E-state index contributed by atoms with van der Waals surface area (Å²) in [5, 5.41) is 20.4. The average Bonchev–Trinajstić information content (AvgIpc) is 3.27. The lowest BCUT2D eigenvalue weighted by Crippen LogP contribution is -2.22.